The molecule has 1 aromatic carbocycles. The van der Waals surface area contributed by atoms with Crippen molar-refractivity contribution in [1.82, 2.24) is 9.78 Å². The maximum absolute atomic E-state index is 13.1. The number of rotatable bonds is 8. The van der Waals surface area contributed by atoms with Crippen LogP contribution in [0.5, 0.6) is 5.75 Å². The van der Waals surface area contributed by atoms with Crippen LogP contribution in [0.25, 0.3) is 0 Å². The van der Waals surface area contributed by atoms with E-state index in [0.29, 0.717) is 24.1 Å². The second kappa shape index (κ2) is 8.80. The number of aromatic nitrogens is 2. The van der Waals surface area contributed by atoms with Gasteiger partial charge in [0.1, 0.15) is 22.9 Å². The number of nitrogens with zero attached hydrogens (tertiary/aromatic N) is 2. The fourth-order valence-electron chi connectivity index (χ4n) is 2.59. The monoisotopic (exact) mass is 411 g/mol. The highest BCUT2D eigenvalue weighted by molar-refractivity contribution is 6.02. The van der Waals surface area contributed by atoms with Crippen LogP contribution in [0.1, 0.15) is 47.5 Å². The van der Waals surface area contributed by atoms with Gasteiger partial charge < -0.3 is 14.5 Å². The number of ether oxygens (including phenoxy) is 1. The van der Waals surface area contributed by atoms with Gasteiger partial charge in [-0.05, 0) is 49.4 Å². The molecular formula is C19H17F4N3O3. The largest absolute Gasteiger partial charge is 0.494 e. The lowest BCUT2D eigenvalue weighted by Crippen LogP contribution is -2.11. The lowest BCUT2D eigenvalue weighted by molar-refractivity contribution is 0.0994. The van der Waals surface area contributed by atoms with Crippen molar-refractivity contribution in [3.8, 4) is 5.75 Å². The van der Waals surface area contributed by atoms with E-state index in [4.69, 9.17) is 9.15 Å². The van der Waals surface area contributed by atoms with Crippen molar-refractivity contribution in [2.45, 2.75) is 26.3 Å². The molecule has 6 nitrogen and oxygen atoms in total. The van der Waals surface area contributed by atoms with Crippen LogP contribution in [-0.2, 0) is 6.54 Å². The molecule has 0 saturated heterocycles. The van der Waals surface area contributed by atoms with Gasteiger partial charge in [0.25, 0.3) is 18.8 Å². The summed E-state index contributed by atoms with van der Waals surface area (Å²) in [7, 11) is 0. The fraction of sp³-hybridized carbons (Fsp3) is 0.263. The number of carbonyl (C=O) groups is 1. The molecule has 0 aliphatic heterocycles. The normalized spacial score (nSPS) is 11.3. The molecule has 0 spiro atoms. The smallest absolute Gasteiger partial charge is 0.291 e. The Hall–Kier alpha value is -3.30. The third-order valence-electron chi connectivity index (χ3n) is 3.89. The average molecular weight is 411 g/mol. The van der Waals surface area contributed by atoms with Gasteiger partial charge in [-0.15, -0.1) is 0 Å². The highest BCUT2D eigenvalue weighted by Crippen LogP contribution is 2.26. The summed E-state index contributed by atoms with van der Waals surface area (Å²) in [6.45, 7) is 2.05. The average Bonchev–Trinajstić information content (AvgIpc) is 3.31. The highest BCUT2D eigenvalue weighted by atomic mass is 19.3. The highest BCUT2D eigenvalue weighted by Gasteiger charge is 2.22. The van der Waals surface area contributed by atoms with Gasteiger partial charge in [-0.25, -0.2) is 17.6 Å². The molecule has 10 heteroatoms. The molecule has 0 fully saturated rings. The summed E-state index contributed by atoms with van der Waals surface area (Å²) in [5, 5.41) is 6.11. The standard InChI is InChI=1S/C19H17F4N3O3/c1-2-28-12-5-3-11(4-6-12)24-19(27)16-8-7-13(29-16)10-26-15(18(22)23)9-14(25-26)17(20)21/h3-9,17-18H,2,10H2,1H3,(H,24,27). The molecule has 0 unspecified atom stereocenters. The summed E-state index contributed by atoms with van der Waals surface area (Å²) < 4.78 is 63.0. The van der Waals surface area contributed by atoms with Gasteiger partial charge in [0.15, 0.2) is 5.76 Å². The lowest BCUT2D eigenvalue weighted by atomic mass is 10.3. The fourth-order valence-corrected chi connectivity index (χ4v) is 2.59. The second-order valence-corrected chi connectivity index (χ2v) is 5.93. The molecule has 0 saturated carbocycles. The van der Waals surface area contributed by atoms with Crippen LogP contribution in [0.15, 0.2) is 46.9 Å². The molecule has 0 bridgehead atoms. The first kappa shape index (κ1) is 20.4. The zero-order valence-electron chi connectivity index (χ0n) is 15.2. The van der Waals surface area contributed by atoms with Crippen LogP contribution >= 0.6 is 0 Å². The van der Waals surface area contributed by atoms with Crippen molar-refractivity contribution in [3.63, 3.8) is 0 Å². The van der Waals surface area contributed by atoms with E-state index in [1.165, 1.54) is 12.1 Å². The van der Waals surface area contributed by atoms with Gasteiger partial charge in [0, 0.05) is 5.69 Å². The number of hydrogen-bond donors (Lipinski definition) is 1. The number of benzene rings is 1. The summed E-state index contributed by atoms with van der Waals surface area (Å²) in [5.41, 5.74) is -0.901. The van der Waals surface area contributed by atoms with E-state index >= 15 is 0 Å². The first-order chi connectivity index (χ1) is 13.9. The van der Waals surface area contributed by atoms with Crippen molar-refractivity contribution < 1.29 is 31.5 Å². The number of alkyl halides is 4. The Morgan fingerprint density at radius 2 is 1.86 bits per heavy atom. The first-order valence-electron chi connectivity index (χ1n) is 8.64. The summed E-state index contributed by atoms with van der Waals surface area (Å²) in [5.74, 6) is 0.160. The Kier molecular flexibility index (Phi) is 6.20. The lowest BCUT2D eigenvalue weighted by Gasteiger charge is -2.06. The number of hydrogen-bond acceptors (Lipinski definition) is 4. The maximum Gasteiger partial charge on any atom is 0.291 e. The molecule has 3 aromatic rings. The van der Waals surface area contributed by atoms with Crippen molar-refractivity contribution >= 4 is 11.6 Å². The second-order valence-electron chi connectivity index (χ2n) is 5.93. The third-order valence-corrected chi connectivity index (χ3v) is 3.89. The van der Waals surface area contributed by atoms with E-state index in [-0.39, 0.29) is 18.1 Å². The maximum atomic E-state index is 13.1. The number of halogens is 4. The van der Waals surface area contributed by atoms with Crippen molar-refractivity contribution in [3.05, 3.63) is 65.4 Å². The number of anilines is 1. The zero-order valence-corrected chi connectivity index (χ0v) is 15.2. The van der Waals surface area contributed by atoms with Gasteiger partial charge in [-0.3, -0.25) is 9.48 Å². The summed E-state index contributed by atoms with van der Waals surface area (Å²) in [6.07, 6.45) is -5.95. The Morgan fingerprint density at radius 3 is 2.48 bits per heavy atom. The van der Waals surface area contributed by atoms with Crippen LogP contribution in [0.2, 0.25) is 0 Å². The molecule has 0 radical (unpaired) electrons. The molecule has 0 aliphatic rings. The SMILES string of the molecule is CCOc1ccc(NC(=O)c2ccc(Cn3nc(C(F)F)cc3C(F)F)o2)cc1. The van der Waals surface area contributed by atoms with Gasteiger partial charge in [-0.2, -0.15) is 5.10 Å². The van der Waals surface area contributed by atoms with Crippen LogP contribution in [-0.4, -0.2) is 22.3 Å². The predicted octanol–water partition coefficient (Wildman–Crippen LogP) is 5.05. The molecule has 0 aliphatic carbocycles. The third kappa shape index (κ3) is 4.95. The van der Waals surface area contributed by atoms with E-state index in [0.717, 1.165) is 4.68 Å². The number of nitrogens with one attached hydrogen (secondary N) is 1. The van der Waals surface area contributed by atoms with E-state index < -0.39 is 30.1 Å². The van der Waals surface area contributed by atoms with Gasteiger partial charge in [-0.1, -0.05) is 0 Å². The molecule has 2 aromatic heterocycles. The number of furan rings is 1. The Morgan fingerprint density at radius 1 is 1.14 bits per heavy atom. The summed E-state index contributed by atoms with van der Waals surface area (Å²) in [6, 6.07) is 10.1. The van der Waals surface area contributed by atoms with Crippen molar-refractivity contribution in [1.29, 1.82) is 0 Å². The molecule has 2 heterocycles. The quantitative estimate of drug-likeness (QED) is 0.527. The Bertz CT molecular complexity index is 967. The number of amides is 1. The van der Waals surface area contributed by atoms with E-state index in [2.05, 4.69) is 10.4 Å². The van der Waals surface area contributed by atoms with Crippen LogP contribution < -0.4 is 10.1 Å². The molecule has 154 valence electrons. The Labute approximate surface area is 163 Å². The molecule has 0 atom stereocenters. The minimum atomic E-state index is -2.98. The summed E-state index contributed by atoms with van der Waals surface area (Å²) >= 11 is 0. The van der Waals surface area contributed by atoms with Crippen LogP contribution in [0.4, 0.5) is 23.2 Å². The van der Waals surface area contributed by atoms with Crippen LogP contribution in [0, 0.1) is 0 Å². The van der Waals surface area contributed by atoms with Crippen molar-refractivity contribution in [2.75, 3.05) is 11.9 Å². The Balaban J connectivity index is 1.69. The van der Waals surface area contributed by atoms with Gasteiger partial charge >= 0.3 is 0 Å². The first-order valence-corrected chi connectivity index (χ1v) is 8.64. The molecule has 3 rings (SSSR count). The molecular weight excluding hydrogens is 394 g/mol. The van der Waals surface area contributed by atoms with Gasteiger partial charge in [0.2, 0.25) is 0 Å². The minimum absolute atomic E-state index is 0.0614. The van der Waals surface area contributed by atoms with Crippen molar-refractivity contribution in [2.24, 2.45) is 0 Å². The van der Waals surface area contributed by atoms with E-state index in [1.807, 2.05) is 6.92 Å². The molecule has 1 N–H and O–H groups in total. The van der Waals surface area contributed by atoms with Crippen LogP contribution in [0.3, 0.4) is 0 Å². The van der Waals surface area contributed by atoms with Gasteiger partial charge in [0.05, 0.1) is 13.2 Å². The van der Waals surface area contributed by atoms with E-state index in [1.54, 1.807) is 24.3 Å². The van der Waals surface area contributed by atoms with E-state index in [9.17, 15) is 22.4 Å². The summed E-state index contributed by atoms with van der Waals surface area (Å²) in [4.78, 5) is 12.3. The predicted molar refractivity (Wildman–Crippen MR) is 95.5 cm³/mol. The molecule has 1 amide bonds. The number of carbonyl (C=O) groups excluding carboxylic acids is 1. The topological polar surface area (TPSA) is 69.3 Å². The minimum Gasteiger partial charge on any atom is -0.494 e. The molecule has 29 heavy (non-hydrogen) atoms. The zero-order chi connectivity index (χ0) is 21.0.